The normalized spacial score (nSPS) is 10.4. The van der Waals surface area contributed by atoms with Gasteiger partial charge in [-0.2, -0.15) is 5.10 Å². The number of nitrogens with zero attached hydrogens (tertiary/aromatic N) is 2. The predicted octanol–water partition coefficient (Wildman–Crippen LogP) is 3.62. The predicted molar refractivity (Wildman–Crippen MR) is 105 cm³/mol. The summed E-state index contributed by atoms with van der Waals surface area (Å²) in [5, 5.41) is 7.14. The van der Waals surface area contributed by atoms with Crippen LogP contribution in [0.2, 0.25) is 0 Å². The molecule has 1 N–H and O–H groups in total. The Balaban J connectivity index is 1.87. The molecule has 144 valence electrons. The van der Waals surface area contributed by atoms with E-state index in [1.54, 1.807) is 50.6 Å². The van der Waals surface area contributed by atoms with Gasteiger partial charge in [-0.3, -0.25) is 4.79 Å². The van der Waals surface area contributed by atoms with E-state index in [9.17, 15) is 9.59 Å². The van der Waals surface area contributed by atoms with Crippen molar-refractivity contribution in [3.8, 4) is 11.4 Å². The van der Waals surface area contributed by atoms with Gasteiger partial charge in [0.1, 0.15) is 5.75 Å². The van der Waals surface area contributed by atoms with Gasteiger partial charge in [0.25, 0.3) is 5.91 Å². The summed E-state index contributed by atoms with van der Waals surface area (Å²) in [6.45, 7) is 3.92. The molecule has 2 aromatic carbocycles. The Morgan fingerprint density at radius 3 is 2.68 bits per heavy atom. The standard InChI is InChI=1S/C21H21N3O4/c1-4-28-21(26)17-11-12-24(23-17)18-8-6-5-7-16(18)22-20(25)15-10-9-14(2)19(13-15)27-3/h5-13H,4H2,1-3H3,(H,22,25). The van der Waals surface area contributed by atoms with Crippen LogP contribution < -0.4 is 10.1 Å². The van der Waals surface area contributed by atoms with Crippen molar-refractivity contribution in [2.75, 3.05) is 19.0 Å². The summed E-state index contributed by atoms with van der Waals surface area (Å²) in [5.74, 6) is -0.120. The second kappa shape index (κ2) is 8.39. The lowest BCUT2D eigenvalue weighted by Crippen LogP contribution is -2.14. The lowest BCUT2D eigenvalue weighted by atomic mass is 10.1. The molecule has 3 aromatic rings. The third-order valence-electron chi connectivity index (χ3n) is 4.14. The fourth-order valence-electron chi connectivity index (χ4n) is 2.71. The van der Waals surface area contributed by atoms with Gasteiger partial charge in [0.2, 0.25) is 0 Å². The molecular formula is C21H21N3O4. The van der Waals surface area contributed by atoms with Crippen molar-refractivity contribution in [3.63, 3.8) is 0 Å². The van der Waals surface area contributed by atoms with Crippen LogP contribution in [-0.4, -0.2) is 35.4 Å². The van der Waals surface area contributed by atoms with E-state index in [1.165, 1.54) is 4.68 Å². The van der Waals surface area contributed by atoms with Crippen LogP contribution in [-0.2, 0) is 4.74 Å². The first-order chi connectivity index (χ1) is 13.5. The number of para-hydroxylation sites is 2. The highest BCUT2D eigenvalue weighted by atomic mass is 16.5. The van der Waals surface area contributed by atoms with Crippen LogP contribution in [0.15, 0.2) is 54.7 Å². The van der Waals surface area contributed by atoms with Crippen LogP contribution in [0.3, 0.4) is 0 Å². The van der Waals surface area contributed by atoms with E-state index in [-0.39, 0.29) is 18.2 Å². The third kappa shape index (κ3) is 4.03. The maximum Gasteiger partial charge on any atom is 0.358 e. The van der Waals surface area contributed by atoms with Gasteiger partial charge in [-0.15, -0.1) is 0 Å². The Labute approximate surface area is 162 Å². The van der Waals surface area contributed by atoms with Crippen LogP contribution in [0.25, 0.3) is 5.69 Å². The van der Waals surface area contributed by atoms with Crippen molar-refractivity contribution in [1.29, 1.82) is 0 Å². The first-order valence-corrected chi connectivity index (χ1v) is 8.81. The molecule has 7 heteroatoms. The number of anilines is 1. The van der Waals surface area contributed by atoms with Gasteiger partial charge in [-0.25, -0.2) is 9.48 Å². The molecule has 0 unspecified atom stereocenters. The first-order valence-electron chi connectivity index (χ1n) is 8.81. The highest BCUT2D eigenvalue weighted by molar-refractivity contribution is 6.05. The molecule has 3 rings (SSSR count). The van der Waals surface area contributed by atoms with Crippen molar-refractivity contribution >= 4 is 17.6 Å². The molecule has 0 aliphatic carbocycles. The molecule has 0 aliphatic heterocycles. The lowest BCUT2D eigenvalue weighted by Gasteiger charge is -2.12. The molecule has 0 radical (unpaired) electrons. The average molecular weight is 379 g/mol. The molecule has 7 nitrogen and oxygen atoms in total. The molecule has 0 saturated heterocycles. The maximum atomic E-state index is 12.7. The van der Waals surface area contributed by atoms with Crippen LogP contribution in [0.5, 0.6) is 5.75 Å². The Morgan fingerprint density at radius 2 is 1.93 bits per heavy atom. The van der Waals surface area contributed by atoms with E-state index in [4.69, 9.17) is 9.47 Å². The van der Waals surface area contributed by atoms with Crippen LogP contribution in [0.1, 0.15) is 33.3 Å². The topological polar surface area (TPSA) is 82.5 Å². The number of nitrogens with one attached hydrogen (secondary N) is 1. The zero-order valence-corrected chi connectivity index (χ0v) is 15.9. The highest BCUT2D eigenvalue weighted by Gasteiger charge is 2.15. The van der Waals surface area contributed by atoms with Crippen molar-refractivity contribution < 1.29 is 19.1 Å². The van der Waals surface area contributed by atoms with Gasteiger partial charge in [0.15, 0.2) is 5.69 Å². The van der Waals surface area contributed by atoms with Crippen molar-refractivity contribution in [2.24, 2.45) is 0 Å². The Kier molecular flexibility index (Phi) is 5.74. The van der Waals surface area contributed by atoms with Gasteiger partial charge in [-0.1, -0.05) is 18.2 Å². The summed E-state index contributed by atoms with van der Waals surface area (Å²) < 4.78 is 11.8. The molecule has 1 amide bonds. The summed E-state index contributed by atoms with van der Waals surface area (Å²) in [5.41, 5.74) is 2.81. The second-order valence-electron chi connectivity index (χ2n) is 6.02. The van der Waals surface area contributed by atoms with E-state index in [2.05, 4.69) is 10.4 Å². The van der Waals surface area contributed by atoms with Crippen molar-refractivity contribution in [3.05, 3.63) is 71.5 Å². The fraction of sp³-hybridized carbons (Fsp3) is 0.190. The number of aryl methyl sites for hydroxylation is 1. The molecular weight excluding hydrogens is 358 g/mol. The minimum atomic E-state index is -0.491. The number of amides is 1. The molecule has 0 saturated carbocycles. The maximum absolute atomic E-state index is 12.7. The Bertz CT molecular complexity index is 1010. The van der Waals surface area contributed by atoms with Gasteiger partial charge in [0.05, 0.1) is 25.1 Å². The largest absolute Gasteiger partial charge is 0.496 e. The molecule has 0 bridgehead atoms. The zero-order valence-electron chi connectivity index (χ0n) is 15.9. The molecule has 1 heterocycles. The average Bonchev–Trinajstić information content (AvgIpc) is 3.19. The minimum absolute atomic E-state index is 0.200. The molecule has 0 fully saturated rings. The number of hydrogen-bond acceptors (Lipinski definition) is 5. The summed E-state index contributed by atoms with van der Waals surface area (Å²) in [6.07, 6.45) is 1.64. The monoisotopic (exact) mass is 379 g/mol. The number of rotatable bonds is 6. The van der Waals surface area contributed by atoms with Gasteiger partial charge < -0.3 is 14.8 Å². The number of carbonyl (C=O) groups excluding carboxylic acids is 2. The second-order valence-corrected chi connectivity index (χ2v) is 6.02. The first kappa shape index (κ1) is 19.2. The molecule has 0 spiro atoms. The number of ether oxygens (including phenoxy) is 2. The number of methoxy groups -OCH3 is 1. The van der Waals surface area contributed by atoms with Gasteiger partial charge in [-0.05, 0) is 49.7 Å². The number of carbonyl (C=O) groups is 2. The number of hydrogen-bond donors (Lipinski definition) is 1. The molecule has 0 aliphatic rings. The smallest absolute Gasteiger partial charge is 0.358 e. The number of aromatic nitrogens is 2. The van der Waals surface area contributed by atoms with Crippen LogP contribution in [0, 0.1) is 6.92 Å². The third-order valence-corrected chi connectivity index (χ3v) is 4.14. The summed E-state index contributed by atoms with van der Waals surface area (Å²) in [7, 11) is 1.57. The van der Waals surface area contributed by atoms with Crippen LogP contribution >= 0.6 is 0 Å². The van der Waals surface area contributed by atoms with Gasteiger partial charge in [0, 0.05) is 11.8 Å². The SMILES string of the molecule is CCOC(=O)c1ccn(-c2ccccc2NC(=O)c2ccc(C)c(OC)c2)n1. The number of esters is 1. The van der Waals surface area contributed by atoms with Crippen molar-refractivity contribution in [1.82, 2.24) is 9.78 Å². The molecule has 0 atom stereocenters. The van der Waals surface area contributed by atoms with Crippen molar-refractivity contribution in [2.45, 2.75) is 13.8 Å². The fourth-order valence-corrected chi connectivity index (χ4v) is 2.71. The summed E-state index contributed by atoms with van der Waals surface area (Å²) in [4.78, 5) is 24.6. The highest BCUT2D eigenvalue weighted by Crippen LogP contribution is 2.23. The molecule has 28 heavy (non-hydrogen) atoms. The summed E-state index contributed by atoms with van der Waals surface area (Å²) in [6, 6.07) is 14.0. The van der Waals surface area contributed by atoms with Crippen LogP contribution in [0.4, 0.5) is 5.69 Å². The van der Waals surface area contributed by atoms with E-state index in [0.29, 0.717) is 22.7 Å². The van der Waals surface area contributed by atoms with E-state index in [1.807, 2.05) is 25.1 Å². The number of benzene rings is 2. The zero-order chi connectivity index (χ0) is 20.1. The Morgan fingerprint density at radius 1 is 1.14 bits per heavy atom. The summed E-state index contributed by atoms with van der Waals surface area (Å²) >= 11 is 0. The minimum Gasteiger partial charge on any atom is -0.496 e. The van der Waals surface area contributed by atoms with Gasteiger partial charge >= 0.3 is 5.97 Å². The van der Waals surface area contributed by atoms with E-state index >= 15 is 0 Å². The molecule has 1 aromatic heterocycles. The van der Waals surface area contributed by atoms with E-state index in [0.717, 1.165) is 5.56 Å². The van der Waals surface area contributed by atoms with E-state index < -0.39 is 5.97 Å². The lowest BCUT2D eigenvalue weighted by molar-refractivity contribution is 0.0519. The Hall–Kier alpha value is -3.61. The quantitative estimate of drug-likeness (QED) is 0.662.